The molecular weight excluding hydrogens is 374 g/mol. The number of hydrogen-bond donors (Lipinski definition) is 2. The Morgan fingerprint density at radius 1 is 0.900 bits per heavy atom. The van der Waals surface area contributed by atoms with E-state index in [2.05, 4.69) is 29.4 Å². The van der Waals surface area contributed by atoms with Crippen molar-refractivity contribution in [3.63, 3.8) is 0 Å². The van der Waals surface area contributed by atoms with E-state index < -0.39 is 0 Å². The summed E-state index contributed by atoms with van der Waals surface area (Å²) in [5.41, 5.74) is 2.72. The highest BCUT2D eigenvalue weighted by atomic mass is 16.2. The van der Waals surface area contributed by atoms with Gasteiger partial charge >= 0.3 is 0 Å². The summed E-state index contributed by atoms with van der Waals surface area (Å²) in [6.07, 6.45) is 2.24. The van der Waals surface area contributed by atoms with Gasteiger partial charge in [-0.05, 0) is 54.5 Å². The summed E-state index contributed by atoms with van der Waals surface area (Å²) in [6.45, 7) is 8.56. The van der Waals surface area contributed by atoms with Crippen LogP contribution in [-0.4, -0.2) is 49.4 Å². The van der Waals surface area contributed by atoms with Crippen molar-refractivity contribution in [2.75, 3.05) is 32.7 Å². The van der Waals surface area contributed by atoms with E-state index in [1.807, 2.05) is 42.5 Å². The highest BCUT2D eigenvalue weighted by Crippen LogP contribution is 2.21. The Kier molecular flexibility index (Phi) is 8.03. The van der Waals surface area contributed by atoms with Gasteiger partial charge in [0, 0.05) is 25.2 Å². The smallest absolute Gasteiger partial charge is 0.251 e. The Morgan fingerprint density at radius 2 is 1.53 bits per heavy atom. The molecule has 5 nitrogen and oxygen atoms in total. The number of carbonyl (C=O) groups is 2. The molecule has 0 saturated carbocycles. The number of amides is 2. The molecule has 2 unspecified atom stereocenters. The number of benzene rings is 2. The highest BCUT2D eigenvalue weighted by molar-refractivity contribution is 5.96. The van der Waals surface area contributed by atoms with Crippen molar-refractivity contribution >= 4 is 11.8 Å². The molecule has 1 aliphatic rings. The summed E-state index contributed by atoms with van der Waals surface area (Å²) in [5.74, 6) is 1.12. The molecule has 2 atom stereocenters. The average Bonchev–Trinajstić information content (AvgIpc) is 2.75. The van der Waals surface area contributed by atoms with Crippen LogP contribution in [0.4, 0.5) is 0 Å². The van der Waals surface area contributed by atoms with Crippen LogP contribution in [0.15, 0.2) is 54.6 Å². The SMILES string of the molecule is CC1CC(C)CN(CCCNC(=O)CNC(=O)c2ccc(-c3ccccc3)cc2)C1. The maximum absolute atomic E-state index is 12.3. The van der Waals surface area contributed by atoms with Crippen molar-refractivity contribution in [1.82, 2.24) is 15.5 Å². The van der Waals surface area contributed by atoms with Gasteiger partial charge < -0.3 is 15.5 Å². The Bertz CT molecular complexity index is 810. The van der Waals surface area contributed by atoms with Crippen LogP contribution in [0.25, 0.3) is 11.1 Å². The Hall–Kier alpha value is -2.66. The molecule has 2 amide bonds. The molecule has 160 valence electrons. The molecule has 0 bridgehead atoms. The summed E-state index contributed by atoms with van der Waals surface area (Å²) in [4.78, 5) is 26.8. The van der Waals surface area contributed by atoms with Crippen LogP contribution >= 0.6 is 0 Å². The highest BCUT2D eigenvalue weighted by Gasteiger charge is 2.21. The minimum absolute atomic E-state index is 0.00292. The average molecular weight is 408 g/mol. The van der Waals surface area contributed by atoms with E-state index in [1.54, 1.807) is 12.1 Å². The minimum atomic E-state index is -0.235. The number of carbonyl (C=O) groups excluding carboxylic acids is 2. The molecule has 1 aliphatic heterocycles. The van der Waals surface area contributed by atoms with Crippen molar-refractivity contribution in [2.24, 2.45) is 11.8 Å². The van der Waals surface area contributed by atoms with Crippen molar-refractivity contribution in [2.45, 2.75) is 26.7 Å². The maximum Gasteiger partial charge on any atom is 0.251 e. The zero-order chi connectivity index (χ0) is 21.3. The second-order valence-corrected chi connectivity index (χ2v) is 8.54. The third-order valence-electron chi connectivity index (χ3n) is 5.58. The maximum atomic E-state index is 12.3. The summed E-state index contributed by atoms with van der Waals surface area (Å²) in [5, 5.41) is 5.60. The Morgan fingerprint density at radius 3 is 2.20 bits per heavy atom. The first-order valence-corrected chi connectivity index (χ1v) is 10.9. The first-order valence-electron chi connectivity index (χ1n) is 10.9. The van der Waals surface area contributed by atoms with Crippen LogP contribution < -0.4 is 10.6 Å². The lowest BCUT2D eigenvalue weighted by atomic mass is 9.92. The first-order chi connectivity index (χ1) is 14.5. The molecule has 2 aromatic carbocycles. The van der Waals surface area contributed by atoms with Crippen LogP contribution in [0, 0.1) is 11.8 Å². The Labute approximate surface area is 179 Å². The molecule has 30 heavy (non-hydrogen) atoms. The number of nitrogens with zero attached hydrogens (tertiary/aromatic N) is 1. The van der Waals surface area contributed by atoms with E-state index in [1.165, 1.54) is 6.42 Å². The normalized spacial score (nSPS) is 19.3. The van der Waals surface area contributed by atoms with Gasteiger partial charge in [-0.1, -0.05) is 56.3 Å². The summed E-state index contributed by atoms with van der Waals surface area (Å²) < 4.78 is 0. The number of rotatable bonds is 8. The molecule has 3 rings (SSSR count). The van der Waals surface area contributed by atoms with Crippen LogP contribution in [0.5, 0.6) is 0 Å². The van der Waals surface area contributed by atoms with Crippen molar-refractivity contribution in [1.29, 1.82) is 0 Å². The Balaban J connectivity index is 1.35. The lowest BCUT2D eigenvalue weighted by Crippen LogP contribution is -2.41. The zero-order valence-electron chi connectivity index (χ0n) is 18.1. The fourth-order valence-electron chi connectivity index (χ4n) is 4.27. The largest absolute Gasteiger partial charge is 0.355 e. The summed E-state index contributed by atoms with van der Waals surface area (Å²) >= 11 is 0. The number of piperidine rings is 1. The molecule has 0 radical (unpaired) electrons. The number of likely N-dealkylation sites (tertiary alicyclic amines) is 1. The van der Waals surface area contributed by atoms with Gasteiger partial charge in [0.2, 0.25) is 5.91 Å². The van der Waals surface area contributed by atoms with Gasteiger partial charge in [-0.3, -0.25) is 9.59 Å². The van der Waals surface area contributed by atoms with Gasteiger partial charge in [-0.25, -0.2) is 0 Å². The van der Waals surface area contributed by atoms with Gasteiger partial charge in [0.05, 0.1) is 6.54 Å². The zero-order valence-corrected chi connectivity index (χ0v) is 18.1. The third-order valence-corrected chi connectivity index (χ3v) is 5.58. The second-order valence-electron chi connectivity index (χ2n) is 8.54. The van der Waals surface area contributed by atoms with E-state index in [9.17, 15) is 9.59 Å². The van der Waals surface area contributed by atoms with E-state index in [0.717, 1.165) is 49.0 Å². The predicted molar refractivity (Wildman–Crippen MR) is 121 cm³/mol. The predicted octanol–water partition coefficient (Wildman–Crippen LogP) is 3.57. The third kappa shape index (κ3) is 6.70. The molecule has 2 aromatic rings. The first kappa shape index (κ1) is 22.0. The van der Waals surface area contributed by atoms with Crippen LogP contribution in [-0.2, 0) is 4.79 Å². The van der Waals surface area contributed by atoms with E-state index >= 15 is 0 Å². The van der Waals surface area contributed by atoms with Gasteiger partial charge in [-0.15, -0.1) is 0 Å². The second kappa shape index (κ2) is 10.9. The van der Waals surface area contributed by atoms with Gasteiger partial charge in [0.1, 0.15) is 0 Å². The van der Waals surface area contributed by atoms with Gasteiger partial charge in [0.15, 0.2) is 0 Å². The lowest BCUT2D eigenvalue weighted by Gasteiger charge is -2.34. The number of nitrogens with one attached hydrogen (secondary N) is 2. The monoisotopic (exact) mass is 407 g/mol. The van der Waals surface area contributed by atoms with E-state index in [0.29, 0.717) is 12.1 Å². The number of hydrogen-bond acceptors (Lipinski definition) is 3. The van der Waals surface area contributed by atoms with Crippen molar-refractivity contribution in [3.8, 4) is 11.1 Å². The van der Waals surface area contributed by atoms with E-state index in [4.69, 9.17) is 0 Å². The molecule has 2 N–H and O–H groups in total. The minimum Gasteiger partial charge on any atom is -0.355 e. The van der Waals surface area contributed by atoms with Gasteiger partial charge in [-0.2, -0.15) is 0 Å². The molecule has 1 saturated heterocycles. The van der Waals surface area contributed by atoms with Crippen molar-refractivity contribution in [3.05, 3.63) is 60.2 Å². The molecular formula is C25H33N3O2. The van der Waals surface area contributed by atoms with E-state index in [-0.39, 0.29) is 18.4 Å². The summed E-state index contributed by atoms with van der Waals surface area (Å²) in [6, 6.07) is 17.4. The molecule has 0 spiro atoms. The molecule has 1 fully saturated rings. The van der Waals surface area contributed by atoms with Crippen LogP contribution in [0.3, 0.4) is 0 Å². The molecule has 1 heterocycles. The summed E-state index contributed by atoms with van der Waals surface area (Å²) in [7, 11) is 0. The lowest BCUT2D eigenvalue weighted by molar-refractivity contribution is -0.120. The quantitative estimate of drug-likeness (QED) is 0.658. The molecule has 0 aliphatic carbocycles. The fourth-order valence-corrected chi connectivity index (χ4v) is 4.27. The molecule has 0 aromatic heterocycles. The topological polar surface area (TPSA) is 61.4 Å². The van der Waals surface area contributed by atoms with Crippen LogP contribution in [0.2, 0.25) is 0 Å². The molecule has 5 heteroatoms. The van der Waals surface area contributed by atoms with Gasteiger partial charge in [0.25, 0.3) is 5.91 Å². The van der Waals surface area contributed by atoms with Crippen LogP contribution in [0.1, 0.15) is 37.0 Å². The van der Waals surface area contributed by atoms with Crippen molar-refractivity contribution < 1.29 is 9.59 Å². The standard InChI is InChI=1S/C25H33N3O2/c1-19-15-20(2)18-28(17-19)14-6-13-26-24(29)16-27-25(30)23-11-9-22(10-12-23)21-7-4-3-5-8-21/h3-5,7-12,19-20H,6,13-18H2,1-2H3,(H,26,29)(H,27,30). The fraction of sp³-hybridized carbons (Fsp3) is 0.440.